The zero-order valence-electron chi connectivity index (χ0n) is 42.3. The Morgan fingerprint density at radius 1 is 0.554 bits per heavy atom. The molecule has 0 aliphatic heterocycles. The molecule has 0 spiro atoms. The van der Waals surface area contributed by atoms with E-state index in [-0.39, 0.29) is 24.0 Å². The highest BCUT2D eigenvalue weighted by Crippen LogP contribution is 2.11. The maximum absolute atomic E-state index is 13.8. The average Bonchev–Trinajstić information content (AvgIpc) is 3.83. The summed E-state index contributed by atoms with van der Waals surface area (Å²) in [6.45, 7) is 9.98. The first kappa shape index (κ1) is 64.7. The third-order valence-electron chi connectivity index (χ3n) is 11.2. The van der Waals surface area contributed by atoms with Gasteiger partial charge in [-0.05, 0) is 38.0 Å². The zero-order chi connectivity index (χ0) is 56.7. The number of carboxylic acids is 3. The van der Waals surface area contributed by atoms with Crippen molar-refractivity contribution in [1.29, 1.82) is 0 Å². The van der Waals surface area contributed by atoms with Crippen LogP contribution in [0.25, 0.3) is 0 Å². The molecular weight excluding hydrogens is 985 g/mol. The van der Waals surface area contributed by atoms with E-state index in [0.29, 0.717) is 6.42 Å². The number of carboxylic acid groups (broad SMARTS) is 3. The number of carbonyl (C=O) groups excluding carboxylic acids is 9. The predicted octanol–water partition coefficient (Wildman–Crippen LogP) is -6.19. The van der Waals surface area contributed by atoms with Crippen molar-refractivity contribution in [2.24, 2.45) is 23.5 Å². The number of nitrogens with zero attached hydrogens (tertiary/aromatic N) is 1. The van der Waals surface area contributed by atoms with Crippen LogP contribution in [0.2, 0.25) is 0 Å². The van der Waals surface area contributed by atoms with Crippen molar-refractivity contribution in [3.63, 3.8) is 0 Å². The average molecular weight is 1060 g/mol. The number of rotatable bonds is 33. The largest absolute Gasteiger partial charge is 0.481 e. The Kier molecular flexibility index (Phi) is 27.4. The first-order chi connectivity index (χ1) is 34.5. The molecule has 9 amide bonds. The van der Waals surface area contributed by atoms with Gasteiger partial charge in [-0.2, -0.15) is 0 Å². The number of H-pyrrole nitrogens is 1. The van der Waals surface area contributed by atoms with Gasteiger partial charge in [0.2, 0.25) is 53.2 Å². The quantitative estimate of drug-likeness (QED) is 0.0311. The molecule has 0 unspecified atom stereocenters. The highest BCUT2D eigenvalue weighted by molar-refractivity contribution is 5.99. The van der Waals surface area contributed by atoms with Gasteiger partial charge in [0.05, 0.1) is 44.5 Å². The smallest absolute Gasteiger partial charge is 0.328 e. The lowest BCUT2D eigenvalue weighted by Gasteiger charge is -2.28. The van der Waals surface area contributed by atoms with E-state index in [0.717, 1.165) is 6.92 Å². The second-order valence-electron chi connectivity index (χ2n) is 18.3. The molecule has 1 aromatic heterocycles. The molecule has 1 rings (SSSR count). The number of aliphatic hydroxyl groups is 3. The maximum Gasteiger partial charge on any atom is 0.328 e. The van der Waals surface area contributed by atoms with Gasteiger partial charge in [-0.15, -0.1) is 0 Å². The molecule has 30 nitrogen and oxygen atoms in total. The van der Waals surface area contributed by atoms with Gasteiger partial charge in [0.1, 0.15) is 54.4 Å². The number of amides is 9. The molecule has 0 saturated heterocycles. The lowest BCUT2D eigenvalue weighted by molar-refractivity contribution is -0.144. The summed E-state index contributed by atoms with van der Waals surface area (Å²) < 4.78 is 0. The number of aliphatic hydroxyl groups excluding tert-OH is 3. The van der Waals surface area contributed by atoms with Crippen LogP contribution in [0.15, 0.2) is 12.5 Å². The van der Waals surface area contributed by atoms with Crippen LogP contribution in [0.4, 0.5) is 0 Å². The summed E-state index contributed by atoms with van der Waals surface area (Å²) in [5.41, 5.74) is 6.19. The van der Waals surface area contributed by atoms with Crippen molar-refractivity contribution in [2.75, 3.05) is 13.2 Å². The number of nitrogens with one attached hydrogen (secondary N) is 10. The summed E-state index contributed by atoms with van der Waals surface area (Å²) >= 11 is 0. The van der Waals surface area contributed by atoms with Crippen molar-refractivity contribution < 1.29 is 88.2 Å². The minimum Gasteiger partial charge on any atom is -0.481 e. The molecule has 30 heteroatoms. The van der Waals surface area contributed by atoms with Crippen LogP contribution in [0.3, 0.4) is 0 Å². The topological polar surface area (TPSA) is 489 Å². The molecule has 0 aliphatic carbocycles. The Morgan fingerprint density at radius 2 is 0.986 bits per heavy atom. The predicted molar refractivity (Wildman–Crippen MR) is 255 cm³/mol. The number of carbonyl (C=O) groups is 12. The maximum atomic E-state index is 13.8. The Labute approximate surface area is 425 Å². The van der Waals surface area contributed by atoms with Gasteiger partial charge in [0.15, 0.2) is 0 Å². The van der Waals surface area contributed by atoms with Crippen molar-refractivity contribution in [3.8, 4) is 0 Å². The van der Waals surface area contributed by atoms with Gasteiger partial charge in [-0.3, -0.25) is 52.7 Å². The number of imidazole rings is 1. The minimum absolute atomic E-state index is 0.117. The number of aromatic nitrogens is 2. The SMILES string of the molecule is CC[C@H](C)[C@H](N)C(=O)N[C@@H](CC(=O)O)C(=O)N[C@@H](Cc1cnc[nH]1)C(=O)N[C@@H](CC(=O)O)C(=O)N[C@H](C(=O)N[C@@H](CC(C)C)C(=O)N[C@@H](C)C(=O)N[C@@H](CO)C(=O)N[C@H](C(=O)N[C@@H](CO)C(=O)O)C(C)C)[C@@H](C)O. The Balaban J connectivity index is 3.32. The molecule has 18 N–H and O–H groups in total. The van der Waals surface area contributed by atoms with Gasteiger partial charge >= 0.3 is 17.9 Å². The minimum atomic E-state index is -2.03. The lowest BCUT2D eigenvalue weighted by atomic mass is 9.99. The van der Waals surface area contributed by atoms with Crippen LogP contribution >= 0.6 is 0 Å². The second-order valence-corrected chi connectivity index (χ2v) is 18.3. The van der Waals surface area contributed by atoms with E-state index in [1.54, 1.807) is 27.7 Å². The van der Waals surface area contributed by atoms with Crippen LogP contribution < -0.4 is 53.6 Å². The van der Waals surface area contributed by atoms with E-state index in [1.807, 2.05) is 0 Å². The molecular formula is C44H72N12O18. The molecule has 1 aromatic rings. The number of nitrogens with two attached hydrogens (primary N) is 1. The van der Waals surface area contributed by atoms with E-state index in [2.05, 4.69) is 57.8 Å². The van der Waals surface area contributed by atoms with Crippen LogP contribution in [0, 0.1) is 17.8 Å². The summed E-state index contributed by atoms with van der Waals surface area (Å²) in [5, 5.41) is 78.5. The molecule has 74 heavy (non-hydrogen) atoms. The summed E-state index contributed by atoms with van der Waals surface area (Å²) in [6.07, 6.45) is -1.42. The first-order valence-electron chi connectivity index (χ1n) is 23.5. The fourth-order valence-electron chi connectivity index (χ4n) is 6.65. The standard InChI is InChI=1S/C44H72N12O18/c1-9-20(6)32(45)41(70)51-26(12-30(60)61)38(67)49-25(11-23-14-46-17-47-23)37(66)50-27(13-31(62)63)39(68)56-34(22(8)59)43(72)52-24(10-18(2)3)36(65)48-21(7)35(64)53-28(15-57)40(69)55-33(19(4)5)42(71)54-29(16-58)44(73)74/h14,17-22,24-29,32-34,57-59H,9-13,15-16,45H2,1-8H3,(H,46,47)(H,48,65)(H,49,67)(H,50,66)(H,51,70)(H,52,72)(H,53,64)(H,54,71)(H,55,69)(H,56,68)(H,60,61)(H,62,63)(H,73,74)/t20-,21-,22+,24-,25-,26-,27-,28-,29-,32-,33-,34-/m0/s1. The summed E-state index contributed by atoms with van der Waals surface area (Å²) in [4.78, 5) is 162. The number of hydrogen-bond acceptors (Lipinski definition) is 17. The van der Waals surface area contributed by atoms with E-state index < -0.39 is 176 Å². The van der Waals surface area contributed by atoms with Crippen LogP contribution in [-0.2, 0) is 64.0 Å². The molecule has 0 aliphatic rings. The third-order valence-corrected chi connectivity index (χ3v) is 11.2. The molecule has 0 bridgehead atoms. The Hall–Kier alpha value is -7.31. The van der Waals surface area contributed by atoms with Gasteiger partial charge < -0.3 is 89.2 Å². The van der Waals surface area contributed by atoms with Gasteiger partial charge in [-0.25, -0.2) is 9.78 Å². The highest BCUT2D eigenvalue weighted by atomic mass is 16.4. The van der Waals surface area contributed by atoms with Crippen LogP contribution in [0.5, 0.6) is 0 Å². The van der Waals surface area contributed by atoms with Crippen molar-refractivity contribution in [2.45, 2.75) is 154 Å². The van der Waals surface area contributed by atoms with E-state index in [1.165, 1.54) is 33.3 Å². The van der Waals surface area contributed by atoms with E-state index in [9.17, 15) is 88.2 Å². The third kappa shape index (κ3) is 21.8. The molecule has 12 atom stereocenters. The first-order valence-corrected chi connectivity index (χ1v) is 23.5. The molecule has 0 radical (unpaired) electrons. The molecule has 0 aromatic carbocycles. The van der Waals surface area contributed by atoms with Gasteiger partial charge in [0.25, 0.3) is 0 Å². The highest BCUT2D eigenvalue weighted by Gasteiger charge is 2.37. The van der Waals surface area contributed by atoms with Crippen molar-refractivity contribution in [1.82, 2.24) is 57.8 Å². The second kappa shape index (κ2) is 31.3. The Morgan fingerprint density at radius 3 is 1.45 bits per heavy atom. The summed E-state index contributed by atoms with van der Waals surface area (Å²) in [7, 11) is 0. The fourth-order valence-corrected chi connectivity index (χ4v) is 6.65. The molecule has 416 valence electrons. The van der Waals surface area contributed by atoms with Gasteiger partial charge in [-0.1, -0.05) is 48.0 Å². The molecule has 0 saturated carbocycles. The number of hydrogen-bond donors (Lipinski definition) is 17. The monoisotopic (exact) mass is 1060 g/mol. The summed E-state index contributed by atoms with van der Waals surface area (Å²) in [5.74, 6) is -16.0. The van der Waals surface area contributed by atoms with Crippen LogP contribution in [0.1, 0.15) is 86.8 Å². The van der Waals surface area contributed by atoms with Crippen molar-refractivity contribution >= 4 is 71.1 Å². The summed E-state index contributed by atoms with van der Waals surface area (Å²) in [6, 6.07) is -16.4. The fraction of sp³-hybridized carbons (Fsp3) is 0.659. The Bertz CT molecular complexity index is 2120. The molecule has 0 fully saturated rings. The lowest BCUT2D eigenvalue weighted by Crippen LogP contribution is -2.62. The van der Waals surface area contributed by atoms with Crippen molar-refractivity contribution in [3.05, 3.63) is 18.2 Å². The van der Waals surface area contributed by atoms with Gasteiger partial charge in [0, 0.05) is 18.3 Å². The zero-order valence-corrected chi connectivity index (χ0v) is 42.3. The number of aliphatic carboxylic acids is 3. The van der Waals surface area contributed by atoms with Crippen LogP contribution in [-0.4, -0.2) is 191 Å². The van der Waals surface area contributed by atoms with E-state index in [4.69, 9.17) is 5.73 Å². The van der Waals surface area contributed by atoms with E-state index >= 15 is 0 Å². The normalized spacial score (nSPS) is 16.1. The number of aromatic amines is 1. The molecule has 1 heterocycles.